The van der Waals surface area contributed by atoms with Crippen molar-refractivity contribution in [3.63, 3.8) is 0 Å². The van der Waals surface area contributed by atoms with Gasteiger partial charge in [-0.1, -0.05) is 24.3 Å². The molecule has 1 atom stereocenters. The van der Waals surface area contributed by atoms with Crippen molar-refractivity contribution >= 4 is 28.2 Å². The van der Waals surface area contributed by atoms with Crippen LogP contribution in [0, 0.1) is 5.82 Å². The number of alkyl halides is 2. The molecule has 0 unspecified atom stereocenters. The number of carbonyl (C=O) groups excluding carboxylic acids is 1. The minimum Gasteiger partial charge on any atom is -0.378 e. The van der Waals surface area contributed by atoms with E-state index < -0.39 is 11.7 Å². The Balaban J connectivity index is 1.41. The molecule has 2 fully saturated rings. The van der Waals surface area contributed by atoms with Crippen LogP contribution in [0.15, 0.2) is 42.6 Å². The van der Waals surface area contributed by atoms with Crippen LogP contribution in [-0.4, -0.2) is 56.2 Å². The molecule has 0 bridgehead atoms. The molecule has 3 aliphatic rings. The second-order valence-corrected chi connectivity index (χ2v) is 10.0. The molecular formula is C28H29F3N4O2. The number of hydrogen-bond acceptors (Lipinski definition) is 5. The van der Waals surface area contributed by atoms with Gasteiger partial charge in [0.25, 0.3) is 11.8 Å². The van der Waals surface area contributed by atoms with Gasteiger partial charge in [-0.3, -0.25) is 9.78 Å². The minimum absolute atomic E-state index is 0.0426. The third kappa shape index (κ3) is 4.50. The van der Waals surface area contributed by atoms with Gasteiger partial charge in [0.2, 0.25) is 0 Å². The fraction of sp³-hybridized carbons (Fsp3) is 0.429. The van der Waals surface area contributed by atoms with Crippen molar-refractivity contribution in [1.82, 2.24) is 10.3 Å². The maximum Gasteiger partial charge on any atom is 0.255 e. The average molecular weight is 511 g/mol. The zero-order chi connectivity index (χ0) is 25.6. The van der Waals surface area contributed by atoms with Gasteiger partial charge < -0.3 is 19.9 Å². The highest BCUT2D eigenvalue weighted by Gasteiger charge is 2.36. The average Bonchev–Trinajstić information content (AvgIpc) is 3.31. The predicted octanol–water partition coefficient (Wildman–Crippen LogP) is 4.86. The van der Waals surface area contributed by atoms with Crippen molar-refractivity contribution in [3.05, 3.63) is 65.1 Å². The number of nitrogens with zero attached hydrogens (tertiary/aromatic N) is 3. The molecule has 6 rings (SSSR count). The third-order valence-corrected chi connectivity index (χ3v) is 7.76. The molecule has 1 aliphatic carbocycles. The summed E-state index contributed by atoms with van der Waals surface area (Å²) in [5.74, 6) is -3.48. The molecule has 6 nitrogen and oxygen atoms in total. The van der Waals surface area contributed by atoms with E-state index in [1.807, 2.05) is 18.2 Å². The maximum atomic E-state index is 15.2. The second-order valence-electron chi connectivity index (χ2n) is 10.0. The Bertz CT molecular complexity index is 1330. The standard InChI is InChI=1S/C28H29F3N4O2/c29-22-7-6-20-24(26(22)34-11-9-28(30,31)10-12-34)32-17-21(25(20)35-13-15-37-16-14-35)27(36)33-23-8-5-18-3-1-2-4-19(18)23/h1-4,6-7,17,23H,5,8-16H2,(H,33,36)/t23-/m0/s1. The SMILES string of the molecule is O=C(N[C@H]1CCc2ccccc21)c1cnc2c(N3CCC(F)(F)CC3)c(F)ccc2c1N1CCOCC1. The molecule has 0 saturated carbocycles. The number of carbonyl (C=O) groups is 1. The Morgan fingerprint density at radius 1 is 1.00 bits per heavy atom. The fourth-order valence-electron chi connectivity index (χ4n) is 5.81. The molecule has 1 N–H and O–H groups in total. The summed E-state index contributed by atoms with van der Waals surface area (Å²) in [6, 6.07) is 11.0. The minimum atomic E-state index is -2.74. The summed E-state index contributed by atoms with van der Waals surface area (Å²) in [5.41, 5.74) is 4.07. The number of amides is 1. The zero-order valence-corrected chi connectivity index (χ0v) is 20.5. The number of hydrogen-bond donors (Lipinski definition) is 1. The van der Waals surface area contributed by atoms with Crippen LogP contribution in [-0.2, 0) is 11.2 Å². The van der Waals surface area contributed by atoms with Crippen LogP contribution in [0.3, 0.4) is 0 Å². The topological polar surface area (TPSA) is 57.7 Å². The number of fused-ring (bicyclic) bond motifs is 2. The van der Waals surface area contributed by atoms with Crippen LogP contribution < -0.4 is 15.1 Å². The van der Waals surface area contributed by atoms with E-state index >= 15 is 4.39 Å². The Hall–Kier alpha value is -3.33. The van der Waals surface area contributed by atoms with Crippen molar-refractivity contribution in [1.29, 1.82) is 0 Å². The lowest BCUT2D eigenvalue weighted by Crippen LogP contribution is -2.40. The van der Waals surface area contributed by atoms with E-state index in [9.17, 15) is 13.6 Å². The number of ether oxygens (including phenoxy) is 1. The molecule has 2 aromatic carbocycles. The number of aromatic nitrogens is 1. The summed E-state index contributed by atoms with van der Waals surface area (Å²) < 4.78 is 48.3. The first kappa shape index (κ1) is 24.0. The van der Waals surface area contributed by atoms with E-state index in [2.05, 4.69) is 21.3 Å². The summed E-state index contributed by atoms with van der Waals surface area (Å²) in [6.45, 7) is 2.26. The Kier molecular flexibility index (Phi) is 6.18. The first-order chi connectivity index (χ1) is 17.9. The predicted molar refractivity (Wildman–Crippen MR) is 136 cm³/mol. The molecule has 3 heterocycles. The summed E-state index contributed by atoms with van der Waals surface area (Å²) in [7, 11) is 0. The highest BCUT2D eigenvalue weighted by atomic mass is 19.3. The summed E-state index contributed by atoms with van der Waals surface area (Å²) in [6.07, 6.45) is 2.58. The summed E-state index contributed by atoms with van der Waals surface area (Å²) in [4.78, 5) is 22.0. The molecule has 1 aromatic heterocycles. The number of anilines is 2. The lowest BCUT2D eigenvalue weighted by atomic mass is 10.0. The summed E-state index contributed by atoms with van der Waals surface area (Å²) in [5, 5.41) is 3.82. The molecule has 194 valence electrons. The van der Waals surface area contributed by atoms with Gasteiger partial charge in [0, 0.05) is 50.6 Å². The Labute approximate surface area is 213 Å². The molecule has 37 heavy (non-hydrogen) atoms. The largest absolute Gasteiger partial charge is 0.378 e. The van der Waals surface area contributed by atoms with E-state index in [1.165, 1.54) is 17.8 Å². The van der Waals surface area contributed by atoms with Gasteiger partial charge in [-0.25, -0.2) is 13.2 Å². The number of morpholine rings is 1. The van der Waals surface area contributed by atoms with Crippen molar-refractivity contribution in [2.24, 2.45) is 0 Å². The van der Waals surface area contributed by atoms with Gasteiger partial charge in [-0.05, 0) is 36.1 Å². The van der Waals surface area contributed by atoms with Crippen LogP contribution in [0.5, 0.6) is 0 Å². The number of benzene rings is 2. The van der Waals surface area contributed by atoms with Crippen LogP contribution in [0.4, 0.5) is 24.5 Å². The number of rotatable bonds is 4. The van der Waals surface area contributed by atoms with Gasteiger partial charge >= 0.3 is 0 Å². The quantitative estimate of drug-likeness (QED) is 0.543. The van der Waals surface area contributed by atoms with Crippen molar-refractivity contribution in [2.75, 3.05) is 49.2 Å². The second kappa shape index (κ2) is 9.52. The maximum absolute atomic E-state index is 15.2. The normalized spacial score (nSPS) is 21.2. The van der Waals surface area contributed by atoms with Crippen LogP contribution >= 0.6 is 0 Å². The van der Waals surface area contributed by atoms with Crippen LogP contribution in [0.1, 0.15) is 46.8 Å². The highest BCUT2D eigenvalue weighted by molar-refractivity contribution is 6.10. The lowest BCUT2D eigenvalue weighted by Gasteiger charge is -2.35. The smallest absolute Gasteiger partial charge is 0.255 e. The third-order valence-electron chi connectivity index (χ3n) is 7.76. The van der Waals surface area contributed by atoms with E-state index in [0.717, 1.165) is 18.4 Å². The first-order valence-electron chi connectivity index (χ1n) is 12.9. The number of piperidine rings is 1. The van der Waals surface area contributed by atoms with E-state index in [0.29, 0.717) is 48.5 Å². The van der Waals surface area contributed by atoms with Gasteiger partial charge in [0.1, 0.15) is 5.82 Å². The molecule has 0 radical (unpaired) electrons. The van der Waals surface area contributed by atoms with Gasteiger partial charge in [-0.2, -0.15) is 0 Å². The number of halogens is 3. The molecule has 9 heteroatoms. The molecule has 1 amide bonds. The van der Waals surface area contributed by atoms with Gasteiger partial charge in [0.15, 0.2) is 0 Å². The van der Waals surface area contributed by atoms with E-state index in [1.54, 1.807) is 11.0 Å². The van der Waals surface area contributed by atoms with Gasteiger partial charge in [-0.15, -0.1) is 0 Å². The molecule has 0 spiro atoms. The zero-order valence-electron chi connectivity index (χ0n) is 20.5. The number of pyridine rings is 1. The monoisotopic (exact) mass is 510 g/mol. The molecular weight excluding hydrogens is 481 g/mol. The lowest BCUT2D eigenvalue weighted by molar-refractivity contribution is -0.0221. The Morgan fingerprint density at radius 2 is 1.73 bits per heavy atom. The number of aryl methyl sites for hydroxylation is 1. The fourth-order valence-corrected chi connectivity index (χ4v) is 5.81. The van der Waals surface area contributed by atoms with E-state index in [4.69, 9.17) is 4.74 Å². The van der Waals surface area contributed by atoms with Crippen molar-refractivity contribution in [2.45, 2.75) is 37.6 Å². The van der Waals surface area contributed by atoms with Crippen LogP contribution in [0.2, 0.25) is 0 Å². The van der Waals surface area contributed by atoms with Crippen LogP contribution in [0.25, 0.3) is 10.9 Å². The highest BCUT2D eigenvalue weighted by Crippen LogP contribution is 2.40. The molecule has 2 saturated heterocycles. The first-order valence-corrected chi connectivity index (χ1v) is 12.9. The number of nitrogens with one attached hydrogen (secondary N) is 1. The van der Waals surface area contributed by atoms with Crippen molar-refractivity contribution in [3.8, 4) is 0 Å². The van der Waals surface area contributed by atoms with Gasteiger partial charge in [0.05, 0.1) is 41.7 Å². The molecule has 2 aliphatic heterocycles. The van der Waals surface area contributed by atoms with Crippen molar-refractivity contribution < 1.29 is 22.7 Å². The summed E-state index contributed by atoms with van der Waals surface area (Å²) >= 11 is 0. The van der Waals surface area contributed by atoms with E-state index in [-0.39, 0.29) is 43.6 Å². The Morgan fingerprint density at radius 3 is 2.51 bits per heavy atom. The molecule has 3 aromatic rings.